The van der Waals surface area contributed by atoms with E-state index >= 15 is 0 Å². The van der Waals surface area contributed by atoms with Crippen molar-refractivity contribution >= 4 is 15.9 Å². The lowest BCUT2D eigenvalue weighted by molar-refractivity contribution is 0.263. The molecule has 0 aromatic rings. The van der Waals surface area contributed by atoms with E-state index in [4.69, 9.17) is 5.11 Å². The lowest BCUT2D eigenvalue weighted by atomic mass is 10.2. The summed E-state index contributed by atoms with van der Waals surface area (Å²) in [6.45, 7) is 6.43. The van der Waals surface area contributed by atoms with Crippen molar-refractivity contribution in [3.63, 3.8) is 0 Å². The van der Waals surface area contributed by atoms with Crippen molar-refractivity contribution in [1.29, 1.82) is 0 Å². The van der Waals surface area contributed by atoms with Crippen LogP contribution in [0.2, 0.25) is 0 Å². The minimum absolute atomic E-state index is 0.0787. The largest absolute Gasteiger partial charge is 0.510 e. The van der Waals surface area contributed by atoms with Gasteiger partial charge in [-0.2, -0.15) is 0 Å². The van der Waals surface area contributed by atoms with Crippen LogP contribution in [-0.2, 0) is 0 Å². The normalized spacial score (nSPS) is 12.7. The number of aliphatic hydroxyl groups excluding tert-OH is 1. The minimum Gasteiger partial charge on any atom is -0.510 e. The zero-order valence-electron chi connectivity index (χ0n) is 4.90. The molecule has 0 aliphatic carbocycles. The molecule has 0 spiro atoms. The van der Waals surface area contributed by atoms with Crippen molar-refractivity contribution in [2.75, 3.05) is 0 Å². The van der Waals surface area contributed by atoms with E-state index in [1.165, 1.54) is 0 Å². The zero-order valence-corrected chi connectivity index (χ0v) is 6.49. The number of aliphatic hydroxyl groups is 1. The van der Waals surface area contributed by atoms with Gasteiger partial charge in [0.1, 0.15) is 5.76 Å². The van der Waals surface area contributed by atoms with Gasteiger partial charge in [0.15, 0.2) is 6.17 Å². The SMILES string of the molecule is C=C(Br)CC(F)C(=C)O. The highest BCUT2D eigenvalue weighted by Gasteiger charge is 2.08. The first kappa shape index (κ1) is 8.69. The van der Waals surface area contributed by atoms with Gasteiger partial charge >= 0.3 is 0 Å². The second-order valence-corrected chi connectivity index (χ2v) is 2.80. The van der Waals surface area contributed by atoms with Crippen LogP contribution in [0.4, 0.5) is 4.39 Å². The molecule has 0 aromatic heterocycles. The molecule has 0 radical (unpaired) electrons. The molecule has 9 heavy (non-hydrogen) atoms. The van der Waals surface area contributed by atoms with Crippen LogP contribution in [0.3, 0.4) is 0 Å². The summed E-state index contributed by atoms with van der Waals surface area (Å²) >= 11 is 2.96. The molecule has 3 heteroatoms. The summed E-state index contributed by atoms with van der Waals surface area (Å²) in [4.78, 5) is 0. The third-order valence-electron chi connectivity index (χ3n) is 0.762. The first-order valence-corrected chi connectivity index (χ1v) is 3.18. The number of alkyl halides is 1. The van der Waals surface area contributed by atoms with Gasteiger partial charge in [0, 0.05) is 6.42 Å². The fourth-order valence-electron chi connectivity index (χ4n) is 0.312. The van der Waals surface area contributed by atoms with Crippen molar-refractivity contribution in [2.45, 2.75) is 12.6 Å². The first-order valence-electron chi connectivity index (χ1n) is 2.39. The first-order chi connectivity index (χ1) is 4.04. The van der Waals surface area contributed by atoms with Crippen LogP contribution in [0.25, 0.3) is 0 Å². The zero-order chi connectivity index (χ0) is 7.44. The highest BCUT2D eigenvalue weighted by molar-refractivity contribution is 9.11. The molecule has 0 bridgehead atoms. The summed E-state index contributed by atoms with van der Waals surface area (Å²) < 4.78 is 12.9. The van der Waals surface area contributed by atoms with Gasteiger partial charge < -0.3 is 5.11 Å². The van der Waals surface area contributed by atoms with Crippen LogP contribution in [0.15, 0.2) is 23.4 Å². The maximum atomic E-state index is 12.3. The van der Waals surface area contributed by atoms with Crippen molar-refractivity contribution in [3.05, 3.63) is 23.4 Å². The van der Waals surface area contributed by atoms with Crippen LogP contribution in [-0.4, -0.2) is 11.3 Å². The van der Waals surface area contributed by atoms with Crippen LogP contribution in [0, 0.1) is 0 Å². The van der Waals surface area contributed by atoms with Gasteiger partial charge in [-0.1, -0.05) is 29.1 Å². The highest BCUT2D eigenvalue weighted by Crippen LogP contribution is 2.15. The van der Waals surface area contributed by atoms with E-state index in [1.54, 1.807) is 0 Å². The Morgan fingerprint density at radius 2 is 2.11 bits per heavy atom. The van der Waals surface area contributed by atoms with Crippen molar-refractivity contribution in [3.8, 4) is 0 Å². The van der Waals surface area contributed by atoms with Crippen molar-refractivity contribution in [1.82, 2.24) is 0 Å². The molecule has 0 fully saturated rings. The van der Waals surface area contributed by atoms with Gasteiger partial charge in [0.2, 0.25) is 0 Å². The van der Waals surface area contributed by atoms with E-state index in [0.29, 0.717) is 4.48 Å². The summed E-state index contributed by atoms with van der Waals surface area (Å²) in [5.74, 6) is -0.449. The molecule has 0 aliphatic rings. The van der Waals surface area contributed by atoms with Crippen molar-refractivity contribution in [2.24, 2.45) is 0 Å². The Kier molecular flexibility index (Phi) is 3.54. The number of halogens is 2. The van der Waals surface area contributed by atoms with Crippen molar-refractivity contribution < 1.29 is 9.50 Å². The monoisotopic (exact) mass is 194 g/mol. The quantitative estimate of drug-likeness (QED) is 0.686. The number of rotatable bonds is 3. The predicted molar refractivity (Wildman–Crippen MR) is 39.3 cm³/mol. The van der Waals surface area contributed by atoms with E-state index in [9.17, 15) is 4.39 Å². The van der Waals surface area contributed by atoms with E-state index in [1.807, 2.05) is 0 Å². The third-order valence-corrected chi connectivity index (χ3v) is 1.09. The average molecular weight is 195 g/mol. The molecule has 0 aromatic carbocycles. The Morgan fingerprint density at radius 3 is 2.22 bits per heavy atom. The standard InChI is InChI=1S/C6H8BrFO/c1-4(7)3-6(8)5(2)9/h6,9H,1-3H2. The van der Waals surface area contributed by atoms with Gasteiger partial charge in [0.25, 0.3) is 0 Å². The Labute approximate surface area is 62.0 Å². The third kappa shape index (κ3) is 4.21. The van der Waals surface area contributed by atoms with Crippen LogP contribution in [0.5, 0.6) is 0 Å². The molecule has 1 unspecified atom stereocenters. The van der Waals surface area contributed by atoms with Gasteiger partial charge in [-0.3, -0.25) is 0 Å². The molecule has 52 valence electrons. The predicted octanol–water partition coefficient (Wildman–Crippen LogP) is 2.69. The Hall–Kier alpha value is -0.310. The molecular formula is C6H8BrFO. The van der Waals surface area contributed by atoms with E-state index in [2.05, 4.69) is 29.1 Å². The topological polar surface area (TPSA) is 20.2 Å². The molecule has 1 nitrogen and oxygen atoms in total. The van der Waals surface area contributed by atoms with Gasteiger partial charge in [0.05, 0.1) is 0 Å². The fraction of sp³-hybridized carbons (Fsp3) is 0.333. The Morgan fingerprint density at radius 1 is 1.67 bits per heavy atom. The molecule has 0 saturated carbocycles. The van der Waals surface area contributed by atoms with Crippen LogP contribution in [0.1, 0.15) is 6.42 Å². The summed E-state index contributed by atoms with van der Waals surface area (Å²) in [6, 6.07) is 0. The summed E-state index contributed by atoms with van der Waals surface area (Å²) in [7, 11) is 0. The molecule has 1 N–H and O–H groups in total. The molecular weight excluding hydrogens is 187 g/mol. The Bertz CT molecular complexity index is 133. The van der Waals surface area contributed by atoms with Crippen LogP contribution >= 0.6 is 15.9 Å². The van der Waals surface area contributed by atoms with Gasteiger partial charge in [-0.15, -0.1) is 0 Å². The summed E-state index contributed by atoms with van der Waals surface area (Å²) in [5, 5.41) is 8.44. The number of hydrogen-bond acceptors (Lipinski definition) is 1. The molecule has 1 atom stereocenters. The Balaban J connectivity index is 3.63. The second-order valence-electron chi connectivity index (χ2n) is 1.68. The number of allylic oxidation sites excluding steroid dienone is 2. The molecule has 0 amide bonds. The minimum atomic E-state index is -1.39. The maximum absolute atomic E-state index is 12.3. The molecule has 0 rings (SSSR count). The summed E-state index contributed by atoms with van der Waals surface area (Å²) in [6.07, 6.45) is -1.31. The smallest absolute Gasteiger partial charge is 0.160 e. The maximum Gasteiger partial charge on any atom is 0.160 e. The van der Waals surface area contributed by atoms with Gasteiger partial charge in [-0.05, 0) is 4.48 Å². The molecule has 0 saturated heterocycles. The van der Waals surface area contributed by atoms with E-state index < -0.39 is 11.9 Å². The summed E-state index contributed by atoms with van der Waals surface area (Å²) in [5.41, 5.74) is 0. The van der Waals surface area contributed by atoms with E-state index in [0.717, 1.165) is 0 Å². The van der Waals surface area contributed by atoms with Crippen LogP contribution < -0.4 is 0 Å². The second kappa shape index (κ2) is 3.67. The number of hydrogen-bond donors (Lipinski definition) is 1. The lowest BCUT2D eigenvalue weighted by Crippen LogP contribution is -2.01. The lowest BCUT2D eigenvalue weighted by Gasteiger charge is -2.02. The molecule has 0 aliphatic heterocycles. The molecule has 0 heterocycles. The van der Waals surface area contributed by atoms with Gasteiger partial charge in [-0.25, -0.2) is 4.39 Å². The average Bonchev–Trinajstić information content (AvgIpc) is 1.63. The fourth-order valence-corrected chi connectivity index (χ4v) is 0.597. The highest BCUT2D eigenvalue weighted by atomic mass is 79.9. The van der Waals surface area contributed by atoms with E-state index in [-0.39, 0.29) is 6.42 Å².